The van der Waals surface area contributed by atoms with Crippen LogP contribution >= 0.6 is 0 Å². The number of rotatable bonds is 12. The van der Waals surface area contributed by atoms with E-state index in [0.29, 0.717) is 18.7 Å². The number of nitrogens with one attached hydrogen (secondary N) is 1. The normalized spacial score (nSPS) is 13.0. The number of aliphatic hydroxyl groups is 2. The molecule has 2 atom stereocenters. The molecule has 2 rings (SSSR count). The van der Waals surface area contributed by atoms with Crippen molar-refractivity contribution in [3.8, 4) is 5.75 Å². The van der Waals surface area contributed by atoms with Gasteiger partial charge in [-0.1, -0.05) is 42.5 Å². The highest BCUT2D eigenvalue weighted by Crippen LogP contribution is 2.20. The van der Waals surface area contributed by atoms with Crippen LogP contribution in [0, 0.1) is 0 Å². The molecule has 0 saturated heterocycles. The Balaban J connectivity index is 1.69. The summed E-state index contributed by atoms with van der Waals surface area (Å²) in [7, 11) is 0. The quantitative estimate of drug-likeness (QED) is 0.322. The standard InChI is InChI=1S/C21H28N2O5/c22-28-20(25)12-13-23-15-19(24)21(26)17-8-10-18(11-9-17)27-14-4-7-16-5-2-1-3-6-16/h1-3,5-6,8-11,19,21,23-24,26H,4,7,12-15,22H2. The summed E-state index contributed by atoms with van der Waals surface area (Å²) in [6.45, 7) is 1.04. The summed E-state index contributed by atoms with van der Waals surface area (Å²) in [6, 6.07) is 17.3. The van der Waals surface area contributed by atoms with Crippen molar-refractivity contribution in [2.24, 2.45) is 5.90 Å². The summed E-state index contributed by atoms with van der Waals surface area (Å²) >= 11 is 0. The molecule has 0 saturated carbocycles. The maximum Gasteiger partial charge on any atom is 0.325 e. The number of hydrogen-bond acceptors (Lipinski definition) is 7. The summed E-state index contributed by atoms with van der Waals surface area (Å²) in [4.78, 5) is 14.9. The minimum atomic E-state index is -1.04. The Kier molecular flexibility index (Phi) is 9.44. The van der Waals surface area contributed by atoms with Crippen LogP contribution in [-0.4, -0.2) is 42.0 Å². The van der Waals surface area contributed by atoms with E-state index in [2.05, 4.69) is 22.3 Å². The molecular formula is C21H28N2O5. The number of benzene rings is 2. The molecule has 0 heterocycles. The second kappa shape index (κ2) is 12.1. The summed E-state index contributed by atoms with van der Waals surface area (Å²) in [6.07, 6.45) is -0.0843. The molecule has 0 radical (unpaired) electrons. The molecule has 0 spiro atoms. The van der Waals surface area contributed by atoms with Crippen molar-refractivity contribution in [1.82, 2.24) is 5.32 Å². The number of carbonyl (C=O) groups excluding carboxylic acids is 1. The van der Waals surface area contributed by atoms with E-state index in [4.69, 9.17) is 10.6 Å². The van der Waals surface area contributed by atoms with Gasteiger partial charge >= 0.3 is 5.97 Å². The minimum Gasteiger partial charge on any atom is -0.494 e. The molecule has 0 bridgehead atoms. The minimum absolute atomic E-state index is 0.0929. The second-order valence-corrected chi connectivity index (χ2v) is 6.46. The van der Waals surface area contributed by atoms with Crippen molar-refractivity contribution < 1.29 is 24.6 Å². The zero-order valence-electron chi connectivity index (χ0n) is 15.8. The predicted octanol–water partition coefficient (Wildman–Crippen LogP) is 1.49. The van der Waals surface area contributed by atoms with E-state index in [1.807, 2.05) is 18.2 Å². The van der Waals surface area contributed by atoms with Crippen LogP contribution in [-0.2, 0) is 16.1 Å². The highest BCUT2D eigenvalue weighted by atomic mass is 16.7. The number of hydrogen-bond donors (Lipinski definition) is 4. The number of nitrogens with two attached hydrogens (primary N) is 1. The third kappa shape index (κ3) is 7.66. The molecule has 2 aromatic carbocycles. The Hall–Kier alpha value is -2.45. The maximum absolute atomic E-state index is 10.9. The molecule has 7 heteroatoms. The van der Waals surface area contributed by atoms with Crippen LogP contribution < -0.4 is 16.0 Å². The van der Waals surface area contributed by atoms with E-state index >= 15 is 0 Å². The van der Waals surface area contributed by atoms with Gasteiger partial charge in [-0.05, 0) is 36.1 Å². The Morgan fingerprint density at radius 2 is 1.79 bits per heavy atom. The van der Waals surface area contributed by atoms with Crippen LogP contribution in [0.5, 0.6) is 5.75 Å². The highest BCUT2D eigenvalue weighted by Gasteiger charge is 2.18. The lowest BCUT2D eigenvalue weighted by atomic mass is 10.0. The smallest absolute Gasteiger partial charge is 0.325 e. The van der Waals surface area contributed by atoms with Crippen molar-refractivity contribution >= 4 is 5.97 Å². The molecule has 0 aliphatic rings. The average molecular weight is 388 g/mol. The van der Waals surface area contributed by atoms with E-state index in [-0.39, 0.29) is 13.0 Å². The van der Waals surface area contributed by atoms with Gasteiger partial charge < -0.3 is 25.1 Å². The first-order chi connectivity index (χ1) is 13.6. The molecule has 2 unspecified atom stereocenters. The average Bonchev–Trinajstić information content (AvgIpc) is 2.74. The first-order valence-electron chi connectivity index (χ1n) is 9.33. The molecule has 28 heavy (non-hydrogen) atoms. The van der Waals surface area contributed by atoms with Gasteiger partial charge in [0.15, 0.2) is 0 Å². The Labute approximate surface area is 165 Å². The predicted molar refractivity (Wildman–Crippen MR) is 105 cm³/mol. The van der Waals surface area contributed by atoms with Gasteiger partial charge in [0.2, 0.25) is 0 Å². The summed E-state index contributed by atoms with van der Waals surface area (Å²) in [5, 5.41) is 23.2. The first-order valence-corrected chi connectivity index (χ1v) is 9.33. The van der Waals surface area contributed by atoms with Crippen molar-refractivity contribution in [3.05, 3.63) is 65.7 Å². The monoisotopic (exact) mass is 388 g/mol. The molecule has 0 fully saturated rings. The molecule has 7 nitrogen and oxygen atoms in total. The largest absolute Gasteiger partial charge is 0.494 e. The zero-order chi connectivity index (χ0) is 20.2. The molecule has 0 amide bonds. The van der Waals surface area contributed by atoms with E-state index in [9.17, 15) is 15.0 Å². The topological polar surface area (TPSA) is 114 Å². The van der Waals surface area contributed by atoms with Crippen molar-refractivity contribution in [2.45, 2.75) is 31.5 Å². The van der Waals surface area contributed by atoms with Gasteiger partial charge in [-0.15, -0.1) is 0 Å². The SMILES string of the molecule is NOC(=O)CCNCC(O)C(O)c1ccc(OCCCc2ccccc2)cc1. The lowest BCUT2D eigenvalue weighted by Gasteiger charge is -2.19. The van der Waals surface area contributed by atoms with Crippen LogP contribution in [0.4, 0.5) is 0 Å². The molecule has 0 aliphatic heterocycles. The summed E-state index contributed by atoms with van der Waals surface area (Å²) in [5.41, 5.74) is 1.87. The third-order valence-corrected chi connectivity index (χ3v) is 4.30. The fourth-order valence-corrected chi connectivity index (χ4v) is 2.71. The van der Waals surface area contributed by atoms with E-state index in [0.717, 1.165) is 18.6 Å². The number of carbonyl (C=O) groups is 1. The Morgan fingerprint density at radius 1 is 1.07 bits per heavy atom. The zero-order valence-corrected chi connectivity index (χ0v) is 15.8. The maximum atomic E-state index is 10.9. The second-order valence-electron chi connectivity index (χ2n) is 6.46. The lowest BCUT2D eigenvalue weighted by Crippen LogP contribution is -2.33. The highest BCUT2D eigenvalue weighted by molar-refractivity contribution is 5.69. The van der Waals surface area contributed by atoms with Gasteiger partial charge in [0.05, 0.1) is 19.1 Å². The molecule has 152 valence electrons. The van der Waals surface area contributed by atoms with Crippen molar-refractivity contribution in [2.75, 3.05) is 19.7 Å². The molecule has 2 aromatic rings. The van der Waals surface area contributed by atoms with Crippen LogP contribution in [0.15, 0.2) is 54.6 Å². The third-order valence-electron chi connectivity index (χ3n) is 4.30. The summed E-state index contributed by atoms with van der Waals surface area (Å²) in [5.74, 6) is 4.92. The fourth-order valence-electron chi connectivity index (χ4n) is 2.71. The van der Waals surface area contributed by atoms with Gasteiger partial charge in [0, 0.05) is 13.1 Å². The molecule has 0 aromatic heterocycles. The van der Waals surface area contributed by atoms with Crippen molar-refractivity contribution in [1.29, 1.82) is 0 Å². The van der Waals surface area contributed by atoms with Gasteiger partial charge in [-0.25, -0.2) is 0 Å². The first kappa shape index (κ1) is 21.8. The Bertz CT molecular complexity index is 694. The Morgan fingerprint density at radius 3 is 2.46 bits per heavy atom. The van der Waals surface area contributed by atoms with E-state index in [1.54, 1.807) is 24.3 Å². The molecule has 5 N–H and O–H groups in total. The molecule has 0 aliphatic carbocycles. The molecular weight excluding hydrogens is 360 g/mol. The van der Waals surface area contributed by atoms with Gasteiger partial charge in [-0.3, -0.25) is 4.79 Å². The van der Waals surface area contributed by atoms with Gasteiger partial charge in [-0.2, -0.15) is 5.90 Å². The van der Waals surface area contributed by atoms with E-state index in [1.165, 1.54) is 5.56 Å². The van der Waals surface area contributed by atoms with E-state index < -0.39 is 18.2 Å². The van der Waals surface area contributed by atoms with Crippen LogP contribution in [0.2, 0.25) is 0 Å². The number of ether oxygens (including phenoxy) is 1. The van der Waals surface area contributed by atoms with Crippen LogP contribution in [0.25, 0.3) is 0 Å². The van der Waals surface area contributed by atoms with Crippen LogP contribution in [0.1, 0.15) is 30.1 Å². The van der Waals surface area contributed by atoms with Gasteiger partial charge in [0.25, 0.3) is 0 Å². The van der Waals surface area contributed by atoms with Crippen molar-refractivity contribution in [3.63, 3.8) is 0 Å². The summed E-state index contributed by atoms with van der Waals surface area (Å²) < 4.78 is 5.72. The van der Waals surface area contributed by atoms with Crippen LogP contribution in [0.3, 0.4) is 0 Å². The lowest BCUT2D eigenvalue weighted by molar-refractivity contribution is -0.144. The number of aliphatic hydroxyl groups excluding tert-OH is 2. The van der Waals surface area contributed by atoms with Gasteiger partial charge in [0.1, 0.15) is 11.9 Å². The fraction of sp³-hybridized carbons (Fsp3) is 0.381. The number of aryl methyl sites for hydroxylation is 1.